The van der Waals surface area contributed by atoms with Crippen molar-refractivity contribution in [2.24, 2.45) is 5.92 Å². The molecular formula is C16H20ClN3O3. The maximum atomic E-state index is 11.7. The van der Waals surface area contributed by atoms with Crippen LogP contribution in [0.1, 0.15) is 19.8 Å². The van der Waals surface area contributed by atoms with Crippen LogP contribution in [-0.2, 0) is 11.3 Å². The Bertz CT molecular complexity index is 725. The molecule has 0 radical (unpaired) electrons. The van der Waals surface area contributed by atoms with Crippen LogP contribution in [0.4, 0.5) is 0 Å². The largest absolute Gasteiger partial charge is 0.495 e. The van der Waals surface area contributed by atoms with E-state index in [1.165, 1.54) is 0 Å². The number of aromatic nitrogens is 2. The molecule has 0 saturated heterocycles. The van der Waals surface area contributed by atoms with Crippen molar-refractivity contribution >= 4 is 28.5 Å². The lowest BCUT2D eigenvalue weighted by Crippen LogP contribution is -2.28. The van der Waals surface area contributed by atoms with E-state index in [1.54, 1.807) is 13.2 Å². The van der Waals surface area contributed by atoms with Gasteiger partial charge in [0, 0.05) is 25.1 Å². The lowest BCUT2D eigenvalue weighted by molar-refractivity contribution is -0.122. The molecule has 1 N–H and O–H groups in total. The third-order valence-corrected chi connectivity index (χ3v) is 4.14. The molecule has 0 bridgehead atoms. The van der Waals surface area contributed by atoms with Crippen LogP contribution in [0, 0.1) is 5.92 Å². The Hall–Kier alpha value is -1.95. The van der Waals surface area contributed by atoms with Crippen molar-refractivity contribution in [2.75, 3.05) is 20.3 Å². The van der Waals surface area contributed by atoms with Crippen molar-refractivity contribution in [1.29, 1.82) is 0 Å². The molecule has 1 saturated carbocycles. The first-order valence-corrected chi connectivity index (χ1v) is 8.16. The molecule has 1 aromatic heterocycles. The summed E-state index contributed by atoms with van der Waals surface area (Å²) in [4.78, 5) is 16.2. The lowest BCUT2D eigenvalue weighted by Gasteiger charge is -2.10. The van der Waals surface area contributed by atoms with Gasteiger partial charge in [-0.2, -0.15) is 4.98 Å². The summed E-state index contributed by atoms with van der Waals surface area (Å²) in [5.41, 5.74) is 1.61. The molecule has 0 atom stereocenters. The van der Waals surface area contributed by atoms with Crippen LogP contribution in [-0.4, -0.2) is 35.7 Å². The molecule has 1 fully saturated rings. The van der Waals surface area contributed by atoms with Crippen LogP contribution >= 0.6 is 11.6 Å². The van der Waals surface area contributed by atoms with Crippen molar-refractivity contribution in [3.05, 3.63) is 17.2 Å². The minimum Gasteiger partial charge on any atom is -0.495 e. The van der Waals surface area contributed by atoms with Crippen molar-refractivity contribution in [2.45, 2.75) is 26.3 Å². The summed E-state index contributed by atoms with van der Waals surface area (Å²) in [5.74, 6) is 0.929. The second-order valence-corrected chi connectivity index (χ2v) is 5.93. The van der Waals surface area contributed by atoms with Crippen LogP contribution in [0.15, 0.2) is 12.1 Å². The molecule has 1 heterocycles. The van der Waals surface area contributed by atoms with Gasteiger partial charge in [0.2, 0.25) is 5.91 Å². The predicted molar refractivity (Wildman–Crippen MR) is 88.2 cm³/mol. The van der Waals surface area contributed by atoms with E-state index < -0.39 is 0 Å². The average Bonchev–Trinajstić information content (AvgIpc) is 3.32. The summed E-state index contributed by atoms with van der Waals surface area (Å²) in [6.07, 6.45) is 2.00. The van der Waals surface area contributed by atoms with Gasteiger partial charge in [-0.15, -0.1) is 0 Å². The fraction of sp³-hybridized carbons (Fsp3) is 0.500. The normalized spacial score (nSPS) is 14.0. The van der Waals surface area contributed by atoms with E-state index in [4.69, 9.17) is 21.1 Å². The van der Waals surface area contributed by atoms with Crippen molar-refractivity contribution in [3.8, 4) is 11.8 Å². The predicted octanol–water partition coefficient (Wildman–Crippen LogP) is 2.62. The molecule has 0 unspecified atom stereocenters. The highest BCUT2D eigenvalue weighted by molar-refractivity contribution is 6.32. The number of hydrogen-bond donors (Lipinski definition) is 1. The van der Waals surface area contributed by atoms with Gasteiger partial charge in [-0.1, -0.05) is 11.6 Å². The first-order chi connectivity index (χ1) is 11.1. The van der Waals surface area contributed by atoms with Crippen LogP contribution in [0.3, 0.4) is 0 Å². The number of nitrogens with zero attached hydrogens (tertiary/aromatic N) is 2. The van der Waals surface area contributed by atoms with Gasteiger partial charge in [0.05, 0.1) is 29.8 Å². The molecule has 1 aliphatic carbocycles. The van der Waals surface area contributed by atoms with E-state index in [0.29, 0.717) is 36.5 Å². The molecule has 7 heteroatoms. The molecule has 0 aliphatic heterocycles. The summed E-state index contributed by atoms with van der Waals surface area (Å²) in [7, 11) is 1.58. The summed E-state index contributed by atoms with van der Waals surface area (Å²) in [5, 5.41) is 3.47. The van der Waals surface area contributed by atoms with Crippen LogP contribution in [0.25, 0.3) is 11.0 Å². The van der Waals surface area contributed by atoms with E-state index in [9.17, 15) is 4.79 Å². The number of ether oxygens (including phenoxy) is 2. The highest BCUT2D eigenvalue weighted by atomic mass is 35.5. The minimum atomic E-state index is 0.132. The standard InChI is InChI=1S/C16H20ClN3O3/c1-3-23-16-19-12-8-11(17)14(22-2)9-13(12)20(16)7-6-18-15(21)10-4-5-10/h8-10H,3-7H2,1-2H3,(H,18,21). The molecule has 1 amide bonds. The number of halogens is 1. The Morgan fingerprint density at radius 3 is 2.91 bits per heavy atom. The second-order valence-electron chi connectivity index (χ2n) is 5.52. The molecule has 124 valence electrons. The average molecular weight is 338 g/mol. The zero-order valence-corrected chi connectivity index (χ0v) is 14.0. The highest BCUT2D eigenvalue weighted by Crippen LogP contribution is 2.32. The Kier molecular flexibility index (Phi) is 4.61. The maximum absolute atomic E-state index is 11.7. The SMILES string of the molecule is CCOc1nc2cc(Cl)c(OC)cc2n1CCNC(=O)C1CC1. The third-order valence-electron chi connectivity index (χ3n) is 3.84. The minimum absolute atomic E-state index is 0.132. The number of benzene rings is 1. The maximum Gasteiger partial charge on any atom is 0.297 e. The molecule has 6 nitrogen and oxygen atoms in total. The lowest BCUT2D eigenvalue weighted by atomic mass is 10.3. The molecule has 3 rings (SSSR count). The van der Waals surface area contributed by atoms with Gasteiger partial charge in [-0.3, -0.25) is 9.36 Å². The Morgan fingerprint density at radius 2 is 2.26 bits per heavy atom. The zero-order valence-electron chi connectivity index (χ0n) is 13.3. The molecule has 1 aliphatic rings. The van der Waals surface area contributed by atoms with E-state index in [-0.39, 0.29) is 11.8 Å². The van der Waals surface area contributed by atoms with Crippen LogP contribution < -0.4 is 14.8 Å². The Balaban J connectivity index is 1.85. The summed E-state index contributed by atoms with van der Waals surface area (Å²) >= 11 is 6.16. The van der Waals surface area contributed by atoms with E-state index in [1.807, 2.05) is 17.6 Å². The Morgan fingerprint density at radius 1 is 1.48 bits per heavy atom. The number of fused-ring (bicyclic) bond motifs is 1. The third kappa shape index (κ3) is 3.37. The van der Waals surface area contributed by atoms with Crippen LogP contribution in [0.5, 0.6) is 11.8 Å². The van der Waals surface area contributed by atoms with Gasteiger partial charge in [0.1, 0.15) is 5.75 Å². The van der Waals surface area contributed by atoms with Crippen molar-refractivity contribution in [3.63, 3.8) is 0 Å². The molecule has 1 aromatic carbocycles. The molecular weight excluding hydrogens is 318 g/mol. The highest BCUT2D eigenvalue weighted by Gasteiger charge is 2.29. The summed E-state index contributed by atoms with van der Waals surface area (Å²) in [6, 6.07) is 4.13. The van der Waals surface area contributed by atoms with Gasteiger partial charge in [0.25, 0.3) is 6.01 Å². The van der Waals surface area contributed by atoms with E-state index in [0.717, 1.165) is 23.9 Å². The fourth-order valence-electron chi connectivity index (χ4n) is 2.50. The van der Waals surface area contributed by atoms with Crippen molar-refractivity contribution < 1.29 is 14.3 Å². The first kappa shape index (κ1) is 15.9. The first-order valence-electron chi connectivity index (χ1n) is 7.78. The zero-order chi connectivity index (χ0) is 16.4. The number of hydrogen-bond acceptors (Lipinski definition) is 4. The topological polar surface area (TPSA) is 65.4 Å². The number of nitrogens with one attached hydrogen (secondary N) is 1. The van der Waals surface area contributed by atoms with Gasteiger partial charge in [-0.05, 0) is 25.8 Å². The van der Waals surface area contributed by atoms with Gasteiger partial charge < -0.3 is 14.8 Å². The number of rotatable bonds is 7. The Labute approximate surface area is 139 Å². The number of carbonyl (C=O) groups excluding carboxylic acids is 1. The molecule has 0 spiro atoms. The van der Waals surface area contributed by atoms with E-state index in [2.05, 4.69) is 10.3 Å². The summed E-state index contributed by atoms with van der Waals surface area (Å²) < 4.78 is 12.8. The second kappa shape index (κ2) is 6.66. The number of imidazole rings is 1. The summed E-state index contributed by atoms with van der Waals surface area (Å²) in [6.45, 7) is 3.54. The van der Waals surface area contributed by atoms with Gasteiger partial charge >= 0.3 is 0 Å². The van der Waals surface area contributed by atoms with E-state index >= 15 is 0 Å². The number of methoxy groups -OCH3 is 1. The molecule has 23 heavy (non-hydrogen) atoms. The monoisotopic (exact) mass is 337 g/mol. The fourth-order valence-corrected chi connectivity index (χ4v) is 2.73. The quantitative estimate of drug-likeness (QED) is 0.843. The van der Waals surface area contributed by atoms with Crippen LogP contribution in [0.2, 0.25) is 5.02 Å². The van der Waals surface area contributed by atoms with Gasteiger partial charge in [-0.25, -0.2) is 0 Å². The molecule has 2 aromatic rings. The number of amides is 1. The number of carbonyl (C=O) groups is 1. The van der Waals surface area contributed by atoms with Gasteiger partial charge in [0.15, 0.2) is 0 Å². The smallest absolute Gasteiger partial charge is 0.297 e. The van der Waals surface area contributed by atoms with Crippen molar-refractivity contribution in [1.82, 2.24) is 14.9 Å².